The summed E-state index contributed by atoms with van der Waals surface area (Å²) in [6.07, 6.45) is 3.21. The predicted octanol–water partition coefficient (Wildman–Crippen LogP) is 2.42. The highest BCUT2D eigenvalue weighted by Crippen LogP contribution is 2.36. The second-order valence-corrected chi connectivity index (χ2v) is 5.89. The molecule has 0 aliphatic carbocycles. The van der Waals surface area contributed by atoms with Crippen molar-refractivity contribution in [3.8, 4) is 0 Å². The number of nitrogens with one attached hydrogen (secondary N) is 1. The average Bonchev–Trinajstić information content (AvgIpc) is 2.78. The molecule has 1 aromatic rings. The smallest absolute Gasteiger partial charge is 0.343 e. The molecule has 0 fully saturated rings. The van der Waals surface area contributed by atoms with Crippen molar-refractivity contribution in [2.24, 2.45) is 0 Å². The van der Waals surface area contributed by atoms with Gasteiger partial charge in [-0.2, -0.15) is 0 Å². The number of anilines is 2. The molecule has 1 heterocycles. The van der Waals surface area contributed by atoms with Gasteiger partial charge in [0.2, 0.25) is 0 Å². The zero-order valence-corrected chi connectivity index (χ0v) is 13.8. The van der Waals surface area contributed by atoms with Crippen molar-refractivity contribution in [2.45, 2.75) is 26.2 Å². The summed E-state index contributed by atoms with van der Waals surface area (Å²) in [5.41, 5.74) is 6.41. The van der Waals surface area contributed by atoms with Gasteiger partial charge in [0.15, 0.2) is 0 Å². The first-order valence-corrected chi connectivity index (χ1v) is 7.71. The second-order valence-electron chi connectivity index (χ2n) is 4.87. The maximum Gasteiger partial charge on any atom is 0.343 e. The molecule has 1 rings (SSSR count). The number of amides is 1. The Kier molecular flexibility index (Phi) is 6.48. The van der Waals surface area contributed by atoms with Crippen molar-refractivity contribution < 1.29 is 14.3 Å². The van der Waals surface area contributed by atoms with Gasteiger partial charge in [-0.05, 0) is 6.42 Å². The van der Waals surface area contributed by atoms with Crippen molar-refractivity contribution in [1.29, 1.82) is 0 Å². The monoisotopic (exact) mass is 313 g/mol. The number of hydrogen-bond acceptors (Lipinski definition) is 6. The summed E-state index contributed by atoms with van der Waals surface area (Å²) in [7, 11) is 4.59. The fraction of sp³-hybridized carbons (Fsp3) is 0.571. The van der Waals surface area contributed by atoms with Crippen LogP contribution in [0.5, 0.6) is 0 Å². The van der Waals surface area contributed by atoms with E-state index < -0.39 is 5.97 Å². The summed E-state index contributed by atoms with van der Waals surface area (Å²) in [6, 6.07) is 0. The van der Waals surface area contributed by atoms with E-state index in [1.165, 1.54) is 23.3 Å². The summed E-state index contributed by atoms with van der Waals surface area (Å²) in [5, 5.41) is 3.78. The number of nitrogens with two attached hydrogens (primary N) is 1. The molecular formula is C14H23N3O3S. The van der Waals surface area contributed by atoms with E-state index in [9.17, 15) is 9.59 Å². The van der Waals surface area contributed by atoms with E-state index >= 15 is 0 Å². The molecule has 0 aliphatic heterocycles. The van der Waals surface area contributed by atoms with E-state index in [0.717, 1.165) is 25.8 Å². The third kappa shape index (κ3) is 4.10. The lowest BCUT2D eigenvalue weighted by molar-refractivity contribution is 0.0603. The molecule has 0 bridgehead atoms. The molecule has 1 amide bonds. The quantitative estimate of drug-likeness (QED) is 0.596. The van der Waals surface area contributed by atoms with E-state index in [4.69, 9.17) is 10.5 Å². The van der Waals surface area contributed by atoms with Gasteiger partial charge in [-0.15, -0.1) is 11.3 Å². The largest absolute Gasteiger partial charge is 0.465 e. The van der Waals surface area contributed by atoms with Crippen molar-refractivity contribution in [1.82, 2.24) is 4.90 Å². The Hall–Kier alpha value is -1.76. The summed E-state index contributed by atoms with van der Waals surface area (Å²) in [5.74, 6) is -0.746. The van der Waals surface area contributed by atoms with Crippen LogP contribution in [0.2, 0.25) is 0 Å². The number of thiophene rings is 1. The van der Waals surface area contributed by atoms with Gasteiger partial charge in [0.05, 0.1) is 12.8 Å². The molecule has 21 heavy (non-hydrogen) atoms. The normalized spacial score (nSPS) is 10.3. The molecule has 118 valence electrons. The van der Waals surface area contributed by atoms with Crippen LogP contribution in [0.3, 0.4) is 0 Å². The molecule has 3 N–H and O–H groups in total. The Labute approximate surface area is 129 Å². The third-order valence-corrected chi connectivity index (χ3v) is 4.15. The minimum atomic E-state index is -0.528. The lowest BCUT2D eigenvalue weighted by Crippen LogP contribution is -2.21. The van der Waals surface area contributed by atoms with Crippen molar-refractivity contribution >= 4 is 33.9 Å². The molecule has 0 radical (unpaired) electrons. The topological polar surface area (TPSA) is 84.7 Å². The number of rotatable bonds is 7. The molecule has 0 aromatic carbocycles. The number of carbonyl (C=O) groups is 2. The van der Waals surface area contributed by atoms with Gasteiger partial charge in [-0.1, -0.05) is 19.8 Å². The molecule has 6 nitrogen and oxygen atoms in total. The number of nitrogens with zero attached hydrogens (tertiary/aromatic N) is 1. The molecule has 0 saturated carbocycles. The molecule has 0 saturated heterocycles. The van der Waals surface area contributed by atoms with E-state index in [1.807, 2.05) is 0 Å². The highest BCUT2D eigenvalue weighted by molar-refractivity contribution is 7.19. The van der Waals surface area contributed by atoms with Crippen molar-refractivity contribution in [3.63, 3.8) is 0 Å². The number of ether oxygens (including phenoxy) is 1. The molecule has 0 atom stereocenters. The van der Waals surface area contributed by atoms with Gasteiger partial charge in [-0.25, -0.2) is 4.79 Å². The fourth-order valence-corrected chi connectivity index (χ4v) is 2.97. The SMILES string of the molecule is CCCCCNc1sc(C(=O)N(C)C)c(N)c1C(=O)OC. The lowest BCUT2D eigenvalue weighted by Gasteiger charge is -2.08. The Morgan fingerprint density at radius 2 is 2.00 bits per heavy atom. The summed E-state index contributed by atoms with van der Waals surface area (Å²) >= 11 is 1.20. The van der Waals surface area contributed by atoms with Crippen LogP contribution in [-0.4, -0.2) is 44.5 Å². The van der Waals surface area contributed by atoms with E-state index in [-0.39, 0.29) is 17.2 Å². The molecule has 7 heteroatoms. The van der Waals surface area contributed by atoms with E-state index in [2.05, 4.69) is 12.2 Å². The summed E-state index contributed by atoms with van der Waals surface area (Å²) in [6.45, 7) is 2.85. The first-order chi connectivity index (χ1) is 9.93. The molecule has 0 aliphatic rings. The number of hydrogen-bond donors (Lipinski definition) is 2. The maximum absolute atomic E-state index is 12.1. The number of esters is 1. The highest BCUT2D eigenvalue weighted by Gasteiger charge is 2.26. The van der Waals surface area contributed by atoms with Crippen LogP contribution in [0.1, 0.15) is 46.2 Å². The van der Waals surface area contributed by atoms with Crippen molar-refractivity contribution in [3.05, 3.63) is 10.4 Å². The zero-order chi connectivity index (χ0) is 16.0. The molecule has 0 unspecified atom stereocenters. The minimum Gasteiger partial charge on any atom is -0.465 e. The number of carbonyl (C=O) groups excluding carboxylic acids is 2. The van der Waals surface area contributed by atoms with Crippen LogP contribution in [0.4, 0.5) is 10.7 Å². The zero-order valence-electron chi connectivity index (χ0n) is 13.0. The first-order valence-electron chi connectivity index (χ1n) is 6.90. The van der Waals surface area contributed by atoms with Gasteiger partial charge >= 0.3 is 5.97 Å². The van der Waals surface area contributed by atoms with Crippen molar-refractivity contribution in [2.75, 3.05) is 38.8 Å². The third-order valence-electron chi connectivity index (χ3n) is 3.00. The Morgan fingerprint density at radius 1 is 1.33 bits per heavy atom. The number of methoxy groups -OCH3 is 1. The number of unbranched alkanes of at least 4 members (excludes halogenated alkanes) is 2. The van der Waals surface area contributed by atoms with Crippen LogP contribution < -0.4 is 11.1 Å². The molecule has 1 aromatic heterocycles. The standard InChI is InChI=1S/C14H23N3O3S/c1-5-6-7-8-16-12-9(14(19)20-4)10(15)11(21-12)13(18)17(2)3/h16H,5-8,15H2,1-4H3. The average molecular weight is 313 g/mol. The van der Waals surface area contributed by atoms with Crippen LogP contribution >= 0.6 is 11.3 Å². The predicted molar refractivity (Wildman–Crippen MR) is 86.1 cm³/mol. The van der Waals surface area contributed by atoms with Crippen LogP contribution in [0, 0.1) is 0 Å². The first kappa shape index (κ1) is 17.3. The lowest BCUT2D eigenvalue weighted by atomic mass is 10.2. The van der Waals surface area contributed by atoms with E-state index in [0.29, 0.717) is 9.88 Å². The van der Waals surface area contributed by atoms with Crippen LogP contribution in [0.15, 0.2) is 0 Å². The summed E-state index contributed by atoms with van der Waals surface area (Å²) in [4.78, 5) is 25.8. The highest BCUT2D eigenvalue weighted by atomic mass is 32.1. The van der Waals surface area contributed by atoms with Gasteiger partial charge < -0.3 is 20.7 Å². The second kappa shape index (κ2) is 7.87. The van der Waals surface area contributed by atoms with Gasteiger partial charge in [-0.3, -0.25) is 4.79 Å². The number of nitrogen functional groups attached to an aromatic ring is 1. The Morgan fingerprint density at radius 3 is 2.52 bits per heavy atom. The molecule has 0 spiro atoms. The summed E-state index contributed by atoms with van der Waals surface area (Å²) < 4.78 is 4.76. The van der Waals surface area contributed by atoms with Crippen LogP contribution in [-0.2, 0) is 4.74 Å². The van der Waals surface area contributed by atoms with E-state index in [1.54, 1.807) is 14.1 Å². The Balaban J connectivity index is 3.06. The maximum atomic E-state index is 12.1. The Bertz CT molecular complexity index is 512. The van der Waals surface area contributed by atoms with Gasteiger partial charge in [0.1, 0.15) is 15.4 Å². The van der Waals surface area contributed by atoms with Gasteiger partial charge in [0.25, 0.3) is 5.91 Å². The van der Waals surface area contributed by atoms with Gasteiger partial charge in [0, 0.05) is 20.6 Å². The molecular weight excluding hydrogens is 290 g/mol. The van der Waals surface area contributed by atoms with Crippen LogP contribution in [0.25, 0.3) is 0 Å². The minimum absolute atomic E-state index is 0.184. The fourth-order valence-electron chi connectivity index (χ4n) is 1.81.